The predicted octanol–water partition coefficient (Wildman–Crippen LogP) is 5.11. The van der Waals surface area contributed by atoms with Crippen LogP contribution in [0.2, 0.25) is 0 Å². The molecule has 0 unspecified atom stereocenters. The standard InChI is InChI=1S/C26H27BNO2/c1-25(2,29)26(3,4)30-27-22-12-15-24-21(18-22)16-17-28(24)23-13-10-20(11-14-23)19-8-6-5-7-9-19/h5-18,29H,1-4H3. The predicted molar refractivity (Wildman–Crippen MR) is 126 cm³/mol. The molecule has 0 aliphatic rings. The second-order valence-corrected chi connectivity index (χ2v) is 8.72. The summed E-state index contributed by atoms with van der Waals surface area (Å²) in [5.74, 6) is 0. The van der Waals surface area contributed by atoms with E-state index >= 15 is 0 Å². The highest BCUT2D eigenvalue weighted by Gasteiger charge is 2.35. The molecule has 0 fully saturated rings. The smallest absolute Gasteiger partial charge is 0.330 e. The quantitative estimate of drug-likeness (QED) is 0.460. The third kappa shape index (κ3) is 4.07. The second kappa shape index (κ2) is 7.79. The number of aromatic nitrogens is 1. The van der Waals surface area contributed by atoms with E-state index in [-0.39, 0.29) is 0 Å². The number of aliphatic hydroxyl groups is 1. The lowest BCUT2D eigenvalue weighted by Crippen LogP contribution is -2.49. The van der Waals surface area contributed by atoms with Crippen LogP contribution in [0, 0.1) is 0 Å². The van der Waals surface area contributed by atoms with Gasteiger partial charge in [-0.1, -0.05) is 60.1 Å². The Hall–Kier alpha value is -2.82. The first kappa shape index (κ1) is 20.5. The van der Waals surface area contributed by atoms with Crippen LogP contribution in [-0.2, 0) is 4.65 Å². The molecule has 4 rings (SSSR count). The summed E-state index contributed by atoms with van der Waals surface area (Å²) >= 11 is 0. The van der Waals surface area contributed by atoms with Crippen molar-refractivity contribution in [3.05, 3.63) is 85.1 Å². The van der Waals surface area contributed by atoms with Gasteiger partial charge in [-0.15, -0.1) is 0 Å². The fourth-order valence-electron chi connectivity index (χ4n) is 3.26. The first-order chi connectivity index (χ1) is 14.2. The lowest BCUT2D eigenvalue weighted by atomic mass is 9.82. The largest absolute Gasteiger partial charge is 0.427 e. The third-order valence-corrected chi connectivity index (χ3v) is 5.93. The monoisotopic (exact) mass is 396 g/mol. The minimum atomic E-state index is -0.942. The Balaban J connectivity index is 1.56. The molecule has 3 aromatic carbocycles. The average molecular weight is 396 g/mol. The molecule has 1 N–H and O–H groups in total. The van der Waals surface area contributed by atoms with Crippen LogP contribution in [-0.4, -0.2) is 28.4 Å². The molecule has 0 atom stereocenters. The summed E-state index contributed by atoms with van der Waals surface area (Å²) < 4.78 is 8.08. The molecule has 0 bridgehead atoms. The van der Waals surface area contributed by atoms with Gasteiger partial charge < -0.3 is 14.3 Å². The van der Waals surface area contributed by atoms with Crippen LogP contribution < -0.4 is 5.46 Å². The zero-order valence-electron chi connectivity index (χ0n) is 18.0. The SMILES string of the molecule is CC(C)(O)C(C)(C)O[B]c1ccc2c(ccn2-c2ccc(-c3ccccc3)cc2)c1. The zero-order valence-corrected chi connectivity index (χ0v) is 18.0. The van der Waals surface area contributed by atoms with Crippen molar-refractivity contribution in [2.24, 2.45) is 0 Å². The molecule has 3 nitrogen and oxygen atoms in total. The van der Waals surface area contributed by atoms with Gasteiger partial charge in [-0.2, -0.15) is 0 Å². The van der Waals surface area contributed by atoms with Crippen molar-refractivity contribution >= 4 is 23.8 Å². The Morgan fingerprint density at radius 3 is 2.13 bits per heavy atom. The van der Waals surface area contributed by atoms with Gasteiger partial charge in [0.2, 0.25) is 0 Å². The van der Waals surface area contributed by atoms with Crippen molar-refractivity contribution in [2.45, 2.75) is 38.9 Å². The van der Waals surface area contributed by atoms with Gasteiger partial charge in [0.15, 0.2) is 0 Å². The lowest BCUT2D eigenvalue weighted by Gasteiger charge is -2.37. The van der Waals surface area contributed by atoms with E-state index in [9.17, 15) is 5.11 Å². The molecule has 1 aromatic heterocycles. The first-order valence-electron chi connectivity index (χ1n) is 10.2. The fraction of sp³-hybridized carbons (Fsp3) is 0.231. The average Bonchev–Trinajstić information content (AvgIpc) is 3.15. The van der Waals surface area contributed by atoms with Crippen molar-refractivity contribution in [3.8, 4) is 16.8 Å². The Morgan fingerprint density at radius 2 is 1.47 bits per heavy atom. The van der Waals surface area contributed by atoms with Crippen molar-refractivity contribution < 1.29 is 9.76 Å². The highest BCUT2D eigenvalue weighted by molar-refractivity contribution is 6.47. The van der Waals surface area contributed by atoms with Crippen LogP contribution in [0.4, 0.5) is 0 Å². The molecular weight excluding hydrogens is 369 g/mol. The first-order valence-corrected chi connectivity index (χ1v) is 10.2. The number of benzene rings is 3. The zero-order chi connectivity index (χ0) is 21.4. The molecule has 1 radical (unpaired) electrons. The number of hydrogen-bond donors (Lipinski definition) is 1. The van der Waals surface area contributed by atoms with E-state index in [0.29, 0.717) is 0 Å². The molecular formula is C26H27BNO2. The normalized spacial score (nSPS) is 12.3. The molecule has 1 heterocycles. The van der Waals surface area contributed by atoms with Crippen LogP contribution >= 0.6 is 0 Å². The molecule has 4 aromatic rings. The van der Waals surface area contributed by atoms with Gasteiger partial charge in [0.25, 0.3) is 0 Å². The Bertz CT molecular complexity index is 1140. The minimum absolute atomic E-state index is 0.686. The molecule has 4 heteroatoms. The van der Waals surface area contributed by atoms with Gasteiger partial charge in [-0.25, -0.2) is 0 Å². The topological polar surface area (TPSA) is 34.4 Å². The van der Waals surface area contributed by atoms with Gasteiger partial charge in [0.05, 0.1) is 16.7 Å². The summed E-state index contributed by atoms with van der Waals surface area (Å²) in [7, 11) is 1.73. The van der Waals surface area contributed by atoms with Gasteiger partial charge in [-0.3, -0.25) is 0 Å². The van der Waals surface area contributed by atoms with Crippen LogP contribution in [0.1, 0.15) is 27.7 Å². The summed E-state index contributed by atoms with van der Waals surface area (Å²) in [6.45, 7) is 7.29. The maximum absolute atomic E-state index is 10.3. The third-order valence-electron chi connectivity index (χ3n) is 5.93. The molecule has 0 aliphatic carbocycles. The van der Waals surface area contributed by atoms with Crippen molar-refractivity contribution in [1.82, 2.24) is 4.57 Å². The van der Waals surface area contributed by atoms with E-state index in [1.54, 1.807) is 21.3 Å². The van der Waals surface area contributed by atoms with Gasteiger partial charge in [0.1, 0.15) is 0 Å². The maximum Gasteiger partial charge on any atom is 0.330 e. The van der Waals surface area contributed by atoms with E-state index in [1.165, 1.54) is 11.1 Å². The fourth-order valence-corrected chi connectivity index (χ4v) is 3.26. The van der Waals surface area contributed by atoms with Gasteiger partial charge in [0, 0.05) is 11.9 Å². The van der Waals surface area contributed by atoms with Crippen molar-refractivity contribution in [3.63, 3.8) is 0 Å². The van der Waals surface area contributed by atoms with Crippen LogP contribution in [0.15, 0.2) is 85.1 Å². The second-order valence-electron chi connectivity index (χ2n) is 8.72. The molecule has 151 valence electrons. The Morgan fingerprint density at radius 1 is 0.800 bits per heavy atom. The van der Waals surface area contributed by atoms with E-state index in [4.69, 9.17) is 4.65 Å². The van der Waals surface area contributed by atoms with Crippen molar-refractivity contribution in [1.29, 1.82) is 0 Å². The van der Waals surface area contributed by atoms with Gasteiger partial charge >= 0.3 is 7.48 Å². The number of nitrogens with zero attached hydrogens (tertiary/aromatic N) is 1. The molecule has 0 spiro atoms. The molecule has 0 amide bonds. The molecule has 0 saturated carbocycles. The Labute approximate surface area is 179 Å². The van der Waals surface area contributed by atoms with Crippen LogP contribution in [0.3, 0.4) is 0 Å². The molecule has 30 heavy (non-hydrogen) atoms. The van der Waals surface area contributed by atoms with Crippen LogP contribution in [0.5, 0.6) is 0 Å². The number of fused-ring (bicyclic) bond motifs is 1. The lowest BCUT2D eigenvalue weighted by molar-refractivity contribution is -0.0893. The van der Waals surface area contributed by atoms with Crippen LogP contribution in [0.25, 0.3) is 27.7 Å². The summed E-state index contributed by atoms with van der Waals surface area (Å²) in [4.78, 5) is 0. The number of hydrogen-bond acceptors (Lipinski definition) is 2. The van der Waals surface area contributed by atoms with E-state index in [2.05, 4.69) is 77.5 Å². The summed E-state index contributed by atoms with van der Waals surface area (Å²) in [6.07, 6.45) is 2.09. The summed E-state index contributed by atoms with van der Waals surface area (Å²) in [5, 5.41) is 11.4. The van der Waals surface area contributed by atoms with Crippen molar-refractivity contribution in [2.75, 3.05) is 0 Å². The summed E-state index contributed by atoms with van der Waals surface area (Å²) in [5.41, 5.74) is 4.03. The molecule has 0 saturated heterocycles. The molecule has 0 aliphatic heterocycles. The van der Waals surface area contributed by atoms with Gasteiger partial charge in [-0.05, 0) is 68.5 Å². The van der Waals surface area contributed by atoms with E-state index < -0.39 is 11.2 Å². The highest BCUT2D eigenvalue weighted by Crippen LogP contribution is 2.25. The Kier molecular flexibility index (Phi) is 5.31. The highest BCUT2D eigenvalue weighted by atomic mass is 16.5. The minimum Gasteiger partial charge on any atom is -0.427 e. The number of rotatable bonds is 6. The van der Waals surface area contributed by atoms with E-state index in [1.807, 2.05) is 26.0 Å². The summed E-state index contributed by atoms with van der Waals surface area (Å²) in [6, 6.07) is 27.4. The van der Waals surface area contributed by atoms with E-state index in [0.717, 1.165) is 22.1 Å². The maximum atomic E-state index is 10.3.